The normalized spacial score (nSPS) is 10.6. The minimum Gasteiger partial charge on any atom is -0.362 e. The van der Waals surface area contributed by atoms with Gasteiger partial charge in [0.1, 0.15) is 0 Å². The van der Waals surface area contributed by atoms with Gasteiger partial charge in [0.25, 0.3) is 0 Å². The van der Waals surface area contributed by atoms with E-state index >= 15 is 0 Å². The van der Waals surface area contributed by atoms with Crippen molar-refractivity contribution in [1.82, 2.24) is 10.7 Å². The number of hydrogen-bond donors (Lipinski definition) is 2. The predicted molar refractivity (Wildman–Crippen MR) is 99.0 cm³/mol. The van der Waals surface area contributed by atoms with Crippen molar-refractivity contribution in [1.29, 1.82) is 0 Å². The molecule has 0 fully saturated rings. The van der Waals surface area contributed by atoms with Gasteiger partial charge in [-0.2, -0.15) is 5.10 Å². The van der Waals surface area contributed by atoms with Gasteiger partial charge in [-0.1, -0.05) is 41.6 Å². The van der Waals surface area contributed by atoms with Gasteiger partial charge in [-0.25, -0.2) is 0 Å². The summed E-state index contributed by atoms with van der Waals surface area (Å²) < 4.78 is 0. The summed E-state index contributed by atoms with van der Waals surface area (Å²) in [7, 11) is 0. The molecular weight excluding hydrogens is 334 g/mol. The van der Waals surface area contributed by atoms with Crippen LogP contribution in [0.15, 0.2) is 63.4 Å². The Balaban J connectivity index is 2.08. The largest absolute Gasteiger partial charge is 0.362 e. The van der Waals surface area contributed by atoms with Crippen molar-refractivity contribution in [2.75, 3.05) is 6.54 Å². The van der Waals surface area contributed by atoms with E-state index in [-0.39, 0.29) is 0 Å². The summed E-state index contributed by atoms with van der Waals surface area (Å²) in [5, 5.41) is 8.40. The van der Waals surface area contributed by atoms with Gasteiger partial charge in [0, 0.05) is 26.9 Å². The number of halogens is 1. The van der Waals surface area contributed by atoms with E-state index in [1.54, 1.807) is 18.0 Å². The zero-order chi connectivity index (χ0) is 15.8. The van der Waals surface area contributed by atoms with E-state index in [0.29, 0.717) is 5.11 Å². The van der Waals surface area contributed by atoms with Crippen molar-refractivity contribution in [3.05, 3.63) is 59.1 Å². The van der Waals surface area contributed by atoms with Crippen LogP contribution in [0.4, 0.5) is 0 Å². The number of thiocarbonyl (C=S) groups is 1. The van der Waals surface area contributed by atoms with Gasteiger partial charge in [-0.05, 0) is 49.5 Å². The topological polar surface area (TPSA) is 36.4 Å². The van der Waals surface area contributed by atoms with Crippen LogP contribution in [-0.2, 0) is 0 Å². The van der Waals surface area contributed by atoms with E-state index < -0.39 is 0 Å². The SMILES string of the molecule is CCNC(=S)NN=Cc1ccccc1Sc1ccc(Cl)cc1. The summed E-state index contributed by atoms with van der Waals surface area (Å²) in [5.41, 5.74) is 3.82. The Labute approximate surface area is 145 Å². The number of nitrogens with one attached hydrogen (secondary N) is 2. The van der Waals surface area contributed by atoms with Crippen LogP contribution < -0.4 is 10.7 Å². The first-order chi connectivity index (χ1) is 10.7. The Hall–Kier alpha value is -1.56. The third-order valence-electron chi connectivity index (χ3n) is 2.67. The molecule has 2 N–H and O–H groups in total. The van der Waals surface area contributed by atoms with Gasteiger partial charge in [-0.15, -0.1) is 0 Å². The first-order valence-electron chi connectivity index (χ1n) is 6.78. The van der Waals surface area contributed by atoms with Crippen molar-refractivity contribution >= 4 is 46.9 Å². The highest BCUT2D eigenvalue weighted by Gasteiger charge is 2.02. The van der Waals surface area contributed by atoms with Gasteiger partial charge >= 0.3 is 0 Å². The fraction of sp³-hybridized carbons (Fsp3) is 0.125. The molecule has 3 nitrogen and oxygen atoms in total. The first-order valence-corrected chi connectivity index (χ1v) is 8.38. The third kappa shape index (κ3) is 5.33. The van der Waals surface area contributed by atoms with Crippen LogP contribution in [-0.4, -0.2) is 17.9 Å². The maximum absolute atomic E-state index is 5.91. The molecule has 0 spiro atoms. The quantitative estimate of drug-likeness (QED) is 0.479. The number of hydrazone groups is 1. The zero-order valence-electron chi connectivity index (χ0n) is 12.0. The molecule has 0 saturated carbocycles. The monoisotopic (exact) mass is 349 g/mol. The Morgan fingerprint density at radius 2 is 1.95 bits per heavy atom. The van der Waals surface area contributed by atoms with Crippen LogP contribution in [0.3, 0.4) is 0 Å². The number of hydrogen-bond acceptors (Lipinski definition) is 3. The van der Waals surface area contributed by atoms with Crippen LogP contribution in [0.1, 0.15) is 12.5 Å². The first kappa shape index (κ1) is 16.8. The number of nitrogens with zero attached hydrogens (tertiary/aromatic N) is 1. The van der Waals surface area contributed by atoms with Crippen molar-refractivity contribution in [3.8, 4) is 0 Å². The molecule has 22 heavy (non-hydrogen) atoms. The minimum absolute atomic E-state index is 0.515. The lowest BCUT2D eigenvalue weighted by Crippen LogP contribution is -2.31. The molecule has 0 radical (unpaired) electrons. The van der Waals surface area contributed by atoms with E-state index in [2.05, 4.69) is 21.9 Å². The summed E-state index contributed by atoms with van der Waals surface area (Å²) >= 11 is 12.6. The smallest absolute Gasteiger partial charge is 0.186 e. The Bertz CT molecular complexity index is 657. The highest BCUT2D eigenvalue weighted by molar-refractivity contribution is 7.99. The van der Waals surface area contributed by atoms with Crippen molar-refractivity contribution in [2.24, 2.45) is 5.10 Å². The van der Waals surface area contributed by atoms with Crippen molar-refractivity contribution < 1.29 is 0 Å². The van der Waals surface area contributed by atoms with Crippen LogP contribution in [0.2, 0.25) is 5.02 Å². The van der Waals surface area contributed by atoms with Crippen LogP contribution in [0, 0.1) is 0 Å². The summed E-state index contributed by atoms with van der Waals surface area (Å²) in [6.07, 6.45) is 1.77. The molecule has 0 aromatic heterocycles. The predicted octanol–water partition coefficient (Wildman–Crippen LogP) is 4.31. The molecule has 0 amide bonds. The summed E-state index contributed by atoms with van der Waals surface area (Å²) in [6, 6.07) is 15.8. The summed E-state index contributed by atoms with van der Waals surface area (Å²) in [4.78, 5) is 2.24. The average molecular weight is 350 g/mol. The molecule has 0 aliphatic rings. The second-order valence-electron chi connectivity index (χ2n) is 4.32. The lowest BCUT2D eigenvalue weighted by Gasteiger charge is -2.06. The molecule has 0 aliphatic heterocycles. The highest BCUT2D eigenvalue weighted by atomic mass is 35.5. The fourth-order valence-electron chi connectivity index (χ4n) is 1.67. The maximum Gasteiger partial charge on any atom is 0.186 e. The standard InChI is InChI=1S/C16H16ClN3S2/c1-2-18-16(21)20-19-11-12-5-3-4-6-15(12)22-14-9-7-13(17)8-10-14/h3-11H,2H2,1H3,(H2,18,20,21). The van der Waals surface area contributed by atoms with Gasteiger partial charge in [0.05, 0.1) is 6.21 Å². The van der Waals surface area contributed by atoms with Crippen LogP contribution in [0.5, 0.6) is 0 Å². The highest BCUT2D eigenvalue weighted by Crippen LogP contribution is 2.30. The van der Waals surface area contributed by atoms with E-state index in [4.69, 9.17) is 23.8 Å². The Morgan fingerprint density at radius 1 is 1.23 bits per heavy atom. The second kappa shape index (κ2) is 8.78. The molecule has 0 bridgehead atoms. The van der Waals surface area contributed by atoms with Crippen LogP contribution >= 0.6 is 35.6 Å². The van der Waals surface area contributed by atoms with Gasteiger partial charge in [0.15, 0.2) is 5.11 Å². The van der Waals surface area contributed by atoms with Gasteiger partial charge < -0.3 is 5.32 Å². The molecule has 2 aromatic rings. The van der Waals surface area contributed by atoms with Crippen LogP contribution in [0.25, 0.3) is 0 Å². The molecule has 2 rings (SSSR count). The van der Waals surface area contributed by atoms with Crippen molar-refractivity contribution in [3.63, 3.8) is 0 Å². The van der Waals surface area contributed by atoms with Gasteiger partial charge in [0.2, 0.25) is 0 Å². The molecule has 0 unspecified atom stereocenters. The molecule has 114 valence electrons. The third-order valence-corrected chi connectivity index (χ3v) is 4.25. The minimum atomic E-state index is 0.515. The summed E-state index contributed by atoms with van der Waals surface area (Å²) in [6.45, 7) is 2.75. The number of benzene rings is 2. The van der Waals surface area contributed by atoms with E-state index in [9.17, 15) is 0 Å². The molecular formula is C16H16ClN3S2. The molecule has 2 aromatic carbocycles. The lowest BCUT2D eigenvalue weighted by molar-refractivity contribution is 0.904. The van der Waals surface area contributed by atoms with E-state index in [0.717, 1.165) is 26.9 Å². The van der Waals surface area contributed by atoms with E-state index in [1.807, 2.05) is 49.4 Å². The van der Waals surface area contributed by atoms with Crippen molar-refractivity contribution in [2.45, 2.75) is 16.7 Å². The molecule has 0 atom stereocenters. The molecule has 0 aliphatic carbocycles. The second-order valence-corrected chi connectivity index (χ2v) is 6.28. The Morgan fingerprint density at radius 3 is 2.68 bits per heavy atom. The summed E-state index contributed by atoms with van der Waals surface area (Å²) in [5.74, 6) is 0. The number of rotatable bonds is 5. The average Bonchev–Trinajstić information content (AvgIpc) is 2.51. The zero-order valence-corrected chi connectivity index (χ0v) is 14.4. The maximum atomic E-state index is 5.91. The Kier molecular flexibility index (Phi) is 6.71. The molecule has 6 heteroatoms. The lowest BCUT2D eigenvalue weighted by atomic mass is 10.2. The molecule has 0 saturated heterocycles. The van der Waals surface area contributed by atoms with E-state index in [1.165, 1.54) is 0 Å². The molecule has 0 heterocycles. The van der Waals surface area contributed by atoms with Gasteiger partial charge in [-0.3, -0.25) is 5.43 Å². The fourth-order valence-corrected chi connectivity index (χ4v) is 2.90.